The van der Waals surface area contributed by atoms with E-state index in [0.29, 0.717) is 6.04 Å². The Morgan fingerprint density at radius 3 is 2.38 bits per heavy atom. The number of rotatable bonds is 3. The van der Waals surface area contributed by atoms with E-state index >= 15 is 0 Å². The number of aromatic nitrogens is 3. The third-order valence-electron chi connectivity index (χ3n) is 5.46. The van der Waals surface area contributed by atoms with Crippen LogP contribution in [-0.2, 0) is 0 Å². The molecule has 0 saturated carbocycles. The minimum absolute atomic E-state index is 0.178. The van der Waals surface area contributed by atoms with E-state index in [0.717, 1.165) is 56.6 Å². The number of benzene rings is 1. The summed E-state index contributed by atoms with van der Waals surface area (Å²) in [5, 5.41) is 8.57. The van der Waals surface area contributed by atoms with Crippen LogP contribution in [0.2, 0.25) is 0 Å². The first-order chi connectivity index (χ1) is 12.8. The summed E-state index contributed by atoms with van der Waals surface area (Å²) in [6.45, 7) is 6.03. The maximum Gasteiger partial charge on any atom is 0.231 e. The number of halogens is 1. The Kier molecular flexibility index (Phi) is 3.74. The SMILES string of the molecule is Fc1ccc(N2CCN(C3CN(c4nnc5ccccn45)C3)CC2)cc1. The molecule has 6 nitrogen and oxygen atoms in total. The largest absolute Gasteiger partial charge is 0.369 e. The van der Waals surface area contributed by atoms with Gasteiger partial charge in [0.2, 0.25) is 5.95 Å². The lowest BCUT2D eigenvalue weighted by Crippen LogP contribution is -2.63. The highest BCUT2D eigenvalue weighted by atomic mass is 19.1. The lowest BCUT2D eigenvalue weighted by Gasteiger charge is -2.48. The van der Waals surface area contributed by atoms with Crippen molar-refractivity contribution in [3.05, 3.63) is 54.5 Å². The summed E-state index contributed by atoms with van der Waals surface area (Å²) in [6, 6.07) is 13.3. The molecule has 0 bridgehead atoms. The fourth-order valence-electron chi connectivity index (χ4n) is 3.89. The van der Waals surface area contributed by atoms with Gasteiger partial charge in [0.1, 0.15) is 5.82 Å². The van der Waals surface area contributed by atoms with Crippen LogP contribution in [0.5, 0.6) is 0 Å². The molecular weight excluding hydrogens is 331 g/mol. The predicted octanol–water partition coefficient (Wildman–Crippen LogP) is 1.88. The highest BCUT2D eigenvalue weighted by Crippen LogP contribution is 2.24. The molecule has 4 heterocycles. The number of pyridine rings is 1. The van der Waals surface area contributed by atoms with E-state index in [1.165, 1.54) is 12.1 Å². The van der Waals surface area contributed by atoms with Gasteiger partial charge in [-0.25, -0.2) is 4.39 Å². The van der Waals surface area contributed by atoms with E-state index < -0.39 is 0 Å². The smallest absolute Gasteiger partial charge is 0.231 e. The molecule has 0 aliphatic carbocycles. The number of anilines is 2. The van der Waals surface area contributed by atoms with Gasteiger partial charge in [-0.05, 0) is 36.4 Å². The van der Waals surface area contributed by atoms with Crippen LogP contribution in [0, 0.1) is 5.82 Å². The predicted molar refractivity (Wildman–Crippen MR) is 99.2 cm³/mol. The van der Waals surface area contributed by atoms with E-state index in [2.05, 4.69) is 24.9 Å². The average Bonchev–Trinajstić information content (AvgIpc) is 3.06. The van der Waals surface area contributed by atoms with Crippen LogP contribution in [0.4, 0.5) is 16.0 Å². The van der Waals surface area contributed by atoms with Crippen molar-refractivity contribution in [2.75, 3.05) is 49.1 Å². The van der Waals surface area contributed by atoms with Gasteiger partial charge >= 0.3 is 0 Å². The molecule has 1 aromatic carbocycles. The number of fused-ring (bicyclic) bond motifs is 1. The molecule has 0 radical (unpaired) electrons. The van der Waals surface area contributed by atoms with Crippen molar-refractivity contribution < 1.29 is 4.39 Å². The maximum absolute atomic E-state index is 13.1. The third kappa shape index (κ3) is 2.68. The van der Waals surface area contributed by atoms with E-state index in [1.807, 2.05) is 40.9 Å². The van der Waals surface area contributed by atoms with Crippen LogP contribution in [0.25, 0.3) is 5.65 Å². The van der Waals surface area contributed by atoms with Gasteiger partial charge in [0.05, 0.1) is 0 Å². The molecule has 2 aliphatic heterocycles. The zero-order valence-corrected chi connectivity index (χ0v) is 14.5. The lowest BCUT2D eigenvalue weighted by atomic mass is 10.1. The van der Waals surface area contributed by atoms with Gasteiger partial charge < -0.3 is 9.80 Å². The molecular formula is C19H21FN6. The van der Waals surface area contributed by atoms with E-state index in [-0.39, 0.29) is 5.82 Å². The first kappa shape index (κ1) is 15.6. The normalized spacial score (nSPS) is 19.1. The van der Waals surface area contributed by atoms with Crippen molar-refractivity contribution in [1.29, 1.82) is 0 Å². The van der Waals surface area contributed by atoms with Crippen LogP contribution in [0.15, 0.2) is 48.7 Å². The standard InChI is InChI=1S/C19H21FN6/c20-15-4-6-16(7-5-15)23-9-11-24(12-10-23)17-13-25(14-17)19-22-21-18-3-1-2-8-26(18)19/h1-8,17H,9-14H2. The average molecular weight is 352 g/mol. The monoisotopic (exact) mass is 352 g/mol. The van der Waals surface area contributed by atoms with Crippen molar-refractivity contribution in [2.45, 2.75) is 6.04 Å². The lowest BCUT2D eigenvalue weighted by molar-refractivity contribution is 0.156. The first-order valence-corrected chi connectivity index (χ1v) is 9.07. The molecule has 5 rings (SSSR count). The second kappa shape index (κ2) is 6.25. The summed E-state index contributed by atoms with van der Waals surface area (Å²) in [5.74, 6) is 0.754. The first-order valence-electron chi connectivity index (χ1n) is 9.07. The third-order valence-corrected chi connectivity index (χ3v) is 5.46. The summed E-state index contributed by atoms with van der Waals surface area (Å²) in [4.78, 5) is 7.18. The summed E-state index contributed by atoms with van der Waals surface area (Å²) in [5.41, 5.74) is 2.00. The topological polar surface area (TPSA) is 39.9 Å². The molecule has 2 aromatic heterocycles. The Bertz CT molecular complexity index is 894. The second-order valence-electron chi connectivity index (χ2n) is 6.99. The molecule has 7 heteroatoms. The molecule has 2 aliphatic rings. The molecule has 0 unspecified atom stereocenters. The molecule has 0 N–H and O–H groups in total. The molecule has 0 spiro atoms. The highest BCUT2D eigenvalue weighted by Gasteiger charge is 2.35. The van der Waals surface area contributed by atoms with Crippen molar-refractivity contribution in [2.24, 2.45) is 0 Å². The summed E-state index contributed by atoms with van der Waals surface area (Å²) < 4.78 is 15.1. The zero-order valence-electron chi connectivity index (χ0n) is 14.5. The molecule has 3 aromatic rings. The number of hydrogen-bond acceptors (Lipinski definition) is 5. The Balaban J connectivity index is 1.18. The number of piperazine rings is 1. The van der Waals surface area contributed by atoms with Gasteiger partial charge in [0, 0.05) is 57.2 Å². The Hall–Kier alpha value is -2.67. The minimum atomic E-state index is -0.178. The quantitative estimate of drug-likeness (QED) is 0.720. The number of hydrogen-bond donors (Lipinski definition) is 0. The van der Waals surface area contributed by atoms with E-state index in [1.54, 1.807) is 0 Å². The van der Waals surface area contributed by atoms with E-state index in [4.69, 9.17) is 0 Å². The van der Waals surface area contributed by atoms with Gasteiger partial charge in [-0.3, -0.25) is 9.30 Å². The van der Waals surface area contributed by atoms with Gasteiger partial charge in [-0.15, -0.1) is 10.2 Å². The number of nitrogens with zero attached hydrogens (tertiary/aromatic N) is 6. The highest BCUT2D eigenvalue weighted by molar-refractivity contribution is 5.49. The molecule has 134 valence electrons. The van der Waals surface area contributed by atoms with Crippen molar-refractivity contribution >= 4 is 17.3 Å². The van der Waals surface area contributed by atoms with Crippen molar-refractivity contribution in [3.63, 3.8) is 0 Å². The van der Waals surface area contributed by atoms with E-state index in [9.17, 15) is 4.39 Å². The summed E-state index contributed by atoms with van der Waals surface area (Å²) >= 11 is 0. The minimum Gasteiger partial charge on any atom is -0.369 e. The summed E-state index contributed by atoms with van der Waals surface area (Å²) in [6.07, 6.45) is 2.01. The summed E-state index contributed by atoms with van der Waals surface area (Å²) in [7, 11) is 0. The van der Waals surface area contributed by atoms with Crippen LogP contribution >= 0.6 is 0 Å². The molecule has 2 saturated heterocycles. The van der Waals surface area contributed by atoms with Gasteiger partial charge in [-0.2, -0.15) is 0 Å². The second-order valence-corrected chi connectivity index (χ2v) is 6.99. The van der Waals surface area contributed by atoms with Gasteiger partial charge in [0.25, 0.3) is 0 Å². The Morgan fingerprint density at radius 2 is 1.62 bits per heavy atom. The van der Waals surface area contributed by atoms with Crippen LogP contribution in [0.1, 0.15) is 0 Å². The Labute approximate surface area is 151 Å². The molecule has 0 amide bonds. The molecule has 26 heavy (non-hydrogen) atoms. The van der Waals surface area contributed by atoms with Crippen molar-refractivity contribution in [3.8, 4) is 0 Å². The van der Waals surface area contributed by atoms with Crippen molar-refractivity contribution in [1.82, 2.24) is 19.5 Å². The van der Waals surface area contributed by atoms with Crippen LogP contribution in [0.3, 0.4) is 0 Å². The fraction of sp³-hybridized carbons (Fsp3) is 0.368. The maximum atomic E-state index is 13.1. The molecule has 2 fully saturated rings. The zero-order chi connectivity index (χ0) is 17.5. The van der Waals surface area contributed by atoms with Crippen LogP contribution in [-0.4, -0.2) is 64.8 Å². The van der Waals surface area contributed by atoms with Gasteiger partial charge in [0.15, 0.2) is 5.65 Å². The fourth-order valence-corrected chi connectivity index (χ4v) is 3.89. The molecule has 0 atom stereocenters. The van der Waals surface area contributed by atoms with Crippen LogP contribution < -0.4 is 9.80 Å². The Morgan fingerprint density at radius 1 is 0.846 bits per heavy atom. The van der Waals surface area contributed by atoms with Gasteiger partial charge in [-0.1, -0.05) is 6.07 Å².